The van der Waals surface area contributed by atoms with Crippen molar-refractivity contribution in [3.63, 3.8) is 0 Å². The first-order valence-corrected chi connectivity index (χ1v) is 11.9. The van der Waals surface area contributed by atoms with E-state index < -0.39 is 27.8 Å². The van der Waals surface area contributed by atoms with Crippen LogP contribution in [0, 0.1) is 6.92 Å². The van der Waals surface area contributed by atoms with Crippen molar-refractivity contribution in [1.82, 2.24) is 10.2 Å². The summed E-state index contributed by atoms with van der Waals surface area (Å²) < 4.78 is 67.7. The van der Waals surface area contributed by atoms with Crippen molar-refractivity contribution in [3.05, 3.63) is 65.2 Å². The minimum atomic E-state index is -4.44. The Bertz CT molecular complexity index is 1040. The van der Waals surface area contributed by atoms with Crippen molar-refractivity contribution in [2.75, 3.05) is 14.1 Å². The SMILES string of the molecule is CN(C)C1CCCCC1NC(=O)c1cccc(C(F)(F)F)c1.Cc1ccc(S(=O)(=O)O)cc1. The third-order valence-corrected chi connectivity index (χ3v) is 6.35. The molecule has 182 valence electrons. The van der Waals surface area contributed by atoms with Crippen molar-refractivity contribution in [1.29, 1.82) is 0 Å². The molecule has 6 nitrogen and oxygen atoms in total. The van der Waals surface area contributed by atoms with Crippen LogP contribution in [0.5, 0.6) is 0 Å². The van der Waals surface area contributed by atoms with Gasteiger partial charge >= 0.3 is 6.18 Å². The fourth-order valence-electron chi connectivity index (χ4n) is 3.70. The highest BCUT2D eigenvalue weighted by Crippen LogP contribution is 2.29. The number of benzene rings is 2. The minimum absolute atomic E-state index is 0.0224. The van der Waals surface area contributed by atoms with Crippen molar-refractivity contribution >= 4 is 16.0 Å². The van der Waals surface area contributed by atoms with Crippen LogP contribution in [0.15, 0.2) is 53.4 Å². The van der Waals surface area contributed by atoms with Crippen LogP contribution in [-0.4, -0.2) is 50.0 Å². The molecule has 1 aliphatic rings. The molecule has 2 N–H and O–H groups in total. The summed E-state index contributed by atoms with van der Waals surface area (Å²) in [5.74, 6) is -0.440. The number of halogens is 3. The van der Waals surface area contributed by atoms with Crippen LogP contribution in [0.3, 0.4) is 0 Å². The molecule has 0 aliphatic heterocycles. The zero-order valence-electron chi connectivity index (χ0n) is 18.8. The predicted octanol–water partition coefficient (Wildman–Crippen LogP) is 4.55. The average Bonchev–Trinajstić information content (AvgIpc) is 2.73. The van der Waals surface area contributed by atoms with Crippen molar-refractivity contribution < 1.29 is 30.9 Å². The number of carbonyl (C=O) groups excluding carboxylic acids is 1. The molecule has 10 heteroatoms. The summed E-state index contributed by atoms with van der Waals surface area (Å²) in [6, 6.07) is 10.7. The number of hydrogen-bond acceptors (Lipinski definition) is 4. The molecule has 33 heavy (non-hydrogen) atoms. The third-order valence-electron chi connectivity index (χ3n) is 5.48. The van der Waals surface area contributed by atoms with Gasteiger partial charge in [0.1, 0.15) is 0 Å². The molecule has 1 fully saturated rings. The fourth-order valence-corrected chi connectivity index (χ4v) is 4.18. The van der Waals surface area contributed by atoms with Gasteiger partial charge in [0.25, 0.3) is 16.0 Å². The average molecular weight is 487 g/mol. The quantitative estimate of drug-likeness (QED) is 0.620. The lowest BCUT2D eigenvalue weighted by atomic mass is 9.89. The summed E-state index contributed by atoms with van der Waals surface area (Å²) in [6.07, 6.45) is -0.460. The molecule has 0 heterocycles. The maximum absolute atomic E-state index is 12.7. The molecule has 0 bridgehead atoms. The second-order valence-electron chi connectivity index (χ2n) is 8.26. The molecule has 1 aliphatic carbocycles. The van der Waals surface area contributed by atoms with Crippen molar-refractivity contribution in [2.24, 2.45) is 0 Å². The molecule has 3 rings (SSSR count). The van der Waals surface area contributed by atoms with E-state index in [1.807, 2.05) is 21.0 Å². The molecule has 0 spiro atoms. The summed E-state index contributed by atoms with van der Waals surface area (Å²) in [7, 11) is -0.104. The first-order valence-electron chi connectivity index (χ1n) is 10.5. The molecule has 0 aromatic heterocycles. The van der Waals surface area contributed by atoms with Crippen molar-refractivity contribution in [2.45, 2.75) is 55.8 Å². The summed E-state index contributed by atoms with van der Waals surface area (Å²) in [4.78, 5) is 14.3. The number of hydrogen-bond donors (Lipinski definition) is 2. The van der Waals surface area contributed by atoms with E-state index in [0.29, 0.717) is 0 Å². The van der Waals surface area contributed by atoms with Crippen molar-refractivity contribution in [3.8, 4) is 0 Å². The van der Waals surface area contributed by atoms with Gasteiger partial charge in [-0.25, -0.2) is 0 Å². The Hall–Kier alpha value is -2.43. The second-order valence-corrected chi connectivity index (χ2v) is 9.68. The Morgan fingerprint density at radius 1 is 1.06 bits per heavy atom. The van der Waals surface area contributed by atoms with Crippen LogP contribution in [0.25, 0.3) is 0 Å². The van der Waals surface area contributed by atoms with Crippen LogP contribution in [0.1, 0.15) is 47.2 Å². The van der Waals surface area contributed by atoms with E-state index in [2.05, 4.69) is 10.2 Å². The van der Waals surface area contributed by atoms with Gasteiger partial charge in [-0.15, -0.1) is 0 Å². The Balaban J connectivity index is 0.000000294. The van der Waals surface area contributed by atoms with E-state index in [4.69, 9.17) is 4.55 Å². The fraction of sp³-hybridized carbons (Fsp3) is 0.435. The van der Waals surface area contributed by atoms with Crippen LogP contribution in [-0.2, 0) is 16.3 Å². The van der Waals surface area contributed by atoms with E-state index in [1.165, 1.54) is 24.3 Å². The highest BCUT2D eigenvalue weighted by molar-refractivity contribution is 7.85. The summed E-state index contributed by atoms with van der Waals surface area (Å²) in [6.45, 7) is 1.84. The Morgan fingerprint density at radius 3 is 2.21 bits per heavy atom. The Kier molecular flexibility index (Phi) is 9.04. The number of aryl methyl sites for hydroxylation is 1. The number of amides is 1. The highest BCUT2D eigenvalue weighted by atomic mass is 32.2. The topological polar surface area (TPSA) is 86.7 Å². The first kappa shape index (κ1) is 26.8. The summed E-state index contributed by atoms with van der Waals surface area (Å²) in [5.41, 5.74) is 0.211. The maximum atomic E-state index is 12.7. The molecule has 2 aromatic carbocycles. The lowest BCUT2D eigenvalue weighted by Gasteiger charge is -2.36. The number of rotatable bonds is 4. The number of alkyl halides is 3. The molecule has 2 unspecified atom stereocenters. The molecular formula is C23H29F3N2O4S. The van der Waals surface area contributed by atoms with Crippen LogP contribution in [0.4, 0.5) is 13.2 Å². The maximum Gasteiger partial charge on any atom is 0.416 e. The molecule has 2 aromatic rings. The van der Waals surface area contributed by atoms with Gasteiger partial charge < -0.3 is 10.2 Å². The van der Waals surface area contributed by atoms with Crippen LogP contribution < -0.4 is 5.32 Å². The third kappa shape index (κ3) is 8.13. The molecule has 1 amide bonds. The van der Waals surface area contributed by atoms with E-state index in [1.54, 1.807) is 12.1 Å². The number of carbonyl (C=O) groups is 1. The van der Waals surface area contributed by atoms with Gasteiger partial charge in [-0.1, -0.05) is 36.6 Å². The lowest BCUT2D eigenvalue weighted by Crippen LogP contribution is -2.51. The van der Waals surface area contributed by atoms with Gasteiger partial charge in [-0.2, -0.15) is 21.6 Å². The number of nitrogens with zero attached hydrogens (tertiary/aromatic N) is 1. The van der Waals surface area contributed by atoms with Crippen LogP contribution in [0.2, 0.25) is 0 Å². The van der Waals surface area contributed by atoms with Gasteiger partial charge in [0, 0.05) is 17.6 Å². The summed E-state index contributed by atoms with van der Waals surface area (Å²) in [5, 5.41) is 2.90. The molecule has 2 atom stereocenters. The Labute approximate surface area is 192 Å². The minimum Gasteiger partial charge on any atom is -0.348 e. The normalized spacial score (nSPS) is 18.9. The van der Waals surface area contributed by atoms with Crippen LogP contribution >= 0.6 is 0 Å². The standard InChI is InChI=1S/C16H21F3N2O.C7H8O3S/c1-21(2)14-9-4-3-8-13(14)20-15(22)11-6-5-7-12(10-11)16(17,18)19;1-6-2-4-7(5-3-6)11(8,9)10/h5-7,10,13-14H,3-4,8-9H2,1-2H3,(H,20,22);2-5H,1H3,(H,8,9,10). The molecule has 0 saturated heterocycles. The first-order chi connectivity index (χ1) is 15.3. The van der Waals surface area contributed by atoms with Gasteiger partial charge in [0.2, 0.25) is 0 Å². The van der Waals surface area contributed by atoms with Gasteiger partial charge in [-0.05, 0) is 64.2 Å². The molecule has 0 radical (unpaired) electrons. The smallest absolute Gasteiger partial charge is 0.348 e. The molecular weight excluding hydrogens is 457 g/mol. The van der Waals surface area contributed by atoms with E-state index >= 15 is 0 Å². The van der Waals surface area contributed by atoms with E-state index in [0.717, 1.165) is 43.4 Å². The van der Waals surface area contributed by atoms with Gasteiger partial charge in [0.15, 0.2) is 0 Å². The Morgan fingerprint density at radius 2 is 1.67 bits per heavy atom. The van der Waals surface area contributed by atoms with E-state index in [-0.39, 0.29) is 22.5 Å². The monoisotopic (exact) mass is 486 g/mol. The largest absolute Gasteiger partial charge is 0.416 e. The number of nitrogens with one attached hydrogen (secondary N) is 1. The highest BCUT2D eigenvalue weighted by Gasteiger charge is 2.32. The van der Waals surface area contributed by atoms with E-state index in [9.17, 15) is 26.4 Å². The predicted molar refractivity (Wildman–Crippen MR) is 120 cm³/mol. The summed E-state index contributed by atoms with van der Waals surface area (Å²) >= 11 is 0. The molecule has 1 saturated carbocycles. The number of likely N-dealkylation sites (N-methyl/N-ethyl adjacent to an activating group) is 1. The lowest BCUT2D eigenvalue weighted by molar-refractivity contribution is -0.137. The van der Waals surface area contributed by atoms with Gasteiger partial charge in [-0.3, -0.25) is 9.35 Å². The zero-order valence-corrected chi connectivity index (χ0v) is 19.6. The zero-order chi connectivity index (χ0) is 24.8. The van der Waals surface area contributed by atoms with Gasteiger partial charge in [0.05, 0.1) is 10.5 Å². The second kappa shape index (κ2) is 11.1.